The van der Waals surface area contributed by atoms with Gasteiger partial charge in [0.25, 0.3) is 0 Å². The lowest BCUT2D eigenvalue weighted by Crippen LogP contribution is -2.02. The van der Waals surface area contributed by atoms with E-state index in [4.69, 9.17) is 16.0 Å². The molecule has 33 heavy (non-hydrogen) atoms. The summed E-state index contributed by atoms with van der Waals surface area (Å²) in [7, 11) is 0. The molecule has 0 radical (unpaired) electrons. The molecule has 2 aromatic heterocycles. The molecule has 164 valence electrons. The lowest BCUT2D eigenvalue weighted by Gasteiger charge is -2.11. The van der Waals surface area contributed by atoms with Crippen LogP contribution in [0.4, 0.5) is 4.39 Å². The van der Waals surface area contributed by atoms with Crippen LogP contribution in [0.25, 0.3) is 28.5 Å². The third-order valence-electron chi connectivity index (χ3n) is 4.93. The number of rotatable bonds is 6. The summed E-state index contributed by atoms with van der Waals surface area (Å²) in [6.07, 6.45) is 0. The lowest BCUT2D eigenvalue weighted by molar-refractivity contribution is 0.528. The minimum absolute atomic E-state index is 0.325. The molecule has 9 heteroatoms. The van der Waals surface area contributed by atoms with Gasteiger partial charge < -0.3 is 4.42 Å². The molecule has 0 saturated heterocycles. The van der Waals surface area contributed by atoms with Gasteiger partial charge in [0.05, 0.1) is 16.5 Å². The number of halogens is 2. The van der Waals surface area contributed by atoms with Gasteiger partial charge in [0.15, 0.2) is 11.0 Å². The first kappa shape index (κ1) is 21.4. The predicted molar refractivity (Wildman–Crippen MR) is 126 cm³/mol. The van der Waals surface area contributed by atoms with Crippen molar-refractivity contribution in [3.8, 4) is 28.5 Å². The quantitative estimate of drug-likeness (QED) is 0.264. The fourth-order valence-corrected chi connectivity index (χ4v) is 4.28. The van der Waals surface area contributed by atoms with Crippen molar-refractivity contribution < 1.29 is 8.81 Å². The molecular formula is C24H17ClFN5OS. The van der Waals surface area contributed by atoms with Crippen molar-refractivity contribution in [2.24, 2.45) is 0 Å². The molecule has 0 N–H and O–H groups in total. The number of aryl methyl sites for hydroxylation is 1. The highest BCUT2D eigenvalue weighted by atomic mass is 35.5. The molecule has 6 nitrogen and oxygen atoms in total. The Balaban J connectivity index is 1.47. The van der Waals surface area contributed by atoms with Gasteiger partial charge in [-0.1, -0.05) is 65.3 Å². The van der Waals surface area contributed by atoms with Crippen molar-refractivity contribution in [1.29, 1.82) is 0 Å². The molecule has 0 amide bonds. The van der Waals surface area contributed by atoms with Crippen LogP contribution >= 0.6 is 23.4 Å². The fourth-order valence-electron chi connectivity index (χ4n) is 3.28. The van der Waals surface area contributed by atoms with Crippen molar-refractivity contribution in [1.82, 2.24) is 25.0 Å². The first-order valence-corrected chi connectivity index (χ1v) is 11.4. The standard InChI is InChI=1S/C24H17ClFN5OS/c1-15-10-12-16(13-11-15)23-29-27-21(32-23)14-33-24-30-28-22(17-6-2-3-7-18(17)25)31(24)20-9-5-4-8-19(20)26/h2-13H,14H2,1H3. The van der Waals surface area contributed by atoms with Gasteiger partial charge in [-0.2, -0.15) is 0 Å². The van der Waals surface area contributed by atoms with Crippen molar-refractivity contribution in [2.45, 2.75) is 17.8 Å². The summed E-state index contributed by atoms with van der Waals surface area (Å²) in [5, 5.41) is 17.9. The molecule has 0 saturated carbocycles. The highest BCUT2D eigenvalue weighted by Crippen LogP contribution is 2.33. The van der Waals surface area contributed by atoms with Crippen molar-refractivity contribution in [2.75, 3.05) is 0 Å². The molecule has 0 aliphatic heterocycles. The Morgan fingerprint density at radius 3 is 2.45 bits per heavy atom. The van der Waals surface area contributed by atoms with Gasteiger partial charge >= 0.3 is 0 Å². The Morgan fingerprint density at radius 2 is 1.67 bits per heavy atom. The highest BCUT2D eigenvalue weighted by molar-refractivity contribution is 7.98. The Kier molecular flexibility index (Phi) is 5.93. The molecule has 5 rings (SSSR count). The number of nitrogens with zero attached hydrogens (tertiary/aromatic N) is 5. The number of hydrogen-bond acceptors (Lipinski definition) is 6. The summed E-state index contributed by atoms with van der Waals surface area (Å²) in [5.74, 6) is 1.26. The van der Waals surface area contributed by atoms with Gasteiger partial charge in [-0.3, -0.25) is 4.57 Å². The predicted octanol–water partition coefficient (Wildman–Crippen LogP) is 6.38. The lowest BCUT2D eigenvalue weighted by atomic mass is 10.1. The molecule has 0 unspecified atom stereocenters. The van der Waals surface area contributed by atoms with E-state index in [2.05, 4.69) is 20.4 Å². The summed E-state index contributed by atoms with van der Waals surface area (Å²) < 4.78 is 22.2. The number of hydrogen-bond donors (Lipinski definition) is 0. The van der Waals surface area contributed by atoms with E-state index in [9.17, 15) is 4.39 Å². The largest absolute Gasteiger partial charge is 0.420 e. The van der Waals surface area contributed by atoms with Crippen LogP contribution in [0, 0.1) is 12.7 Å². The summed E-state index contributed by atoms with van der Waals surface area (Å²) >= 11 is 7.72. The zero-order valence-electron chi connectivity index (χ0n) is 17.4. The molecule has 5 aromatic rings. The maximum Gasteiger partial charge on any atom is 0.247 e. The van der Waals surface area contributed by atoms with Crippen LogP contribution in [-0.4, -0.2) is 25.0 Å². The molecule has 0 bridgehead atoms. The Morgan fingerprint density at radius 1 is 0.909 bits per heavy atom. The number of aromatic nitrogens is 5. The SMILES string of the molecule is Cc1ccc(-c2nnc(CSc3nnc(-c4ccccc4Cl)n3-c3ccccc3F)o2)cc1. The average Bonchev–Trinajstić information content (AvgIpc) is 3.46. The van der Waals surface area contributed by atoms with Crippen molar-refractivity contribution >= 4 is 23.4 Å². The van der Waals surface area contributed by atoms with Crippen LogP contribution in [-0.2, 0) is 5.75 Å². The number of benzene rings is 3. The molecule has 0 aliphatic carbocycles. The molecule has 0 fully saturated rings. The van der Waals surface area contributed by atoms with E-state index in [1.54, 1.807) is 28.8 Å². The van der Waals surface area contributed by atoms with E-state index in [-0.39, 0.29) is 0 Å². The molecule has 0 aliphatic rings. The van der Waals surface area contributed by atoms with Crippen LogP contribution in [0.5, 0.6) is 0 Å². The first-order chi connectivity index (χ1) is 16.1. The van der Waals surface area contributed by atoms with Crippen LogP contribution in [0.2, 0.25) is 5.02 Å². The molecular weight excluding hydrogens is 461 g/mol. The van der Waals surface area contributed by atoms with Crippen LogP contribution in [0.15, 0.2) is 82.4 Å². The number of thioether (sulfide) groups is 1. The fraction of sp³-hybridized carbons (Fsp3) is 0.0833. The van der Waals surface area contributed by atoms with Crippen LogP contribution in [0.3, 0.4) is 0 Å². The zero-order chi connectivity index (χ0) is 22.8. The van der Waals surface area contributed by atoms with E-state index in [0.29, 0.717) is 44.8 Å². The Bertz CT molecular complexity index is 1420. The minimum atomic E-state index is -0.396. The van der Waals surface area contributed by atoms with Gasteiger partial charge in [0, 0.05) is 11.1 Å². The van der Waals surface area contributed by atoms with Gasteiger partial charge in [0.1, 0.15) is 5.82 Å². The maximum absolute atomic E-state index is 14.8. The summed E-state index contributed by atoms with van der Waals surface area (Å²) in [6, 6.07) is 21.6. The third kappa shape index (κ3) is 4.40. The first-order valence-electron chi connectivity index (χ1n) is 10.1. The van der Waals surface area contributed by atoms with E-state index in [0.717, 1.165) is 11.1 Å². The van der Waals surface area contributed by atoms with Gasteiger partial charge in [-0.25, -0.2) is 4.39 Å². The van der Waals surface area contributed by atoms with Gasteiger partial charge in [0.2, 0.25) is 11.8 Å². The van der Waals surface area contributed by atoms with Crippen LogP contribution in [0.1, 0.15) is 11.5 Å². The monoisotopic (exact) mass is 477 g/mol. The van der Waals surface area contributed by atoms with Crippen LogP contribution < -0.4 is 0 Å². The van der Waals surface area contributed by atoms with E-state index >= 15 is 0 Å². The normalized spacial score (nSPS) is 11.1. The molecule has 0 spiro atoms. The Hall–Kier alpha value is -3.49. The minimum Gasteiger partial charge on any atom is -0.420 e. The highest BCUT2D eigenvalue weighted by Gasteiger charge is 2.21. The van der Waals surface area contributed by atoms with E-state index < -0.39 is 5.82 Å². The number of para-hydroxylation sites is 1. The summed E-state index contributed by atoms with van der Waals surface area (Å²) in [4.78, 5) is 0. The smallest absolute Gasteiger partial charge is 0.247 e. The maximum atomic E-state index is 14.8. The van der Waals surface area contributed by atoms with E-state index in [1.165, 1.54) is 17.8 Å². The topological polar surface area (TPSA) is 69.6 Å². The summed E-state index contributed by atoms with van der Waals surface area (Å²) in [5.41, 5.74) is 2.97. The zero-order valence-corrected chi connectivity index (χ0v) is 19.0. The van der Waals surface area contributed by atoms with Crippen molar-refractivity contribution in [3.05, 3.63) is 95.1 Å². The van der Waals surface area contributed by atoms with E-state index in [1.807, 2.05) is 49.4 Å². The third-order valence-corrected chi connectivity index (χ3v) is 6.17. The van der Waals surface area contributed by atoms with Crippen molar-refractivity contribution in [3.63, 3.8) is 0 Å². The second kappa shape index (κ2) is 9.17. The summed E-state index contributed by atoms with van der Waals surface area (Å²) in [6.45, 7) is 2.02. The van der Waals surface area contributed by atoms with Gasteiger partial charge in [-0.05, 0) is 43.3 Å². The molecule has 3 aromatic carbocycles. The average molecular weight is 478 g/mol. The van der Waals surface area contributed by atoms with Gasteiger partial charge in [-0.15, -0.1) is 20.4 Å². The second-order valence-corrected chi connectivity index (χ2v) is 8.58. The molecule has 2 heterocycles. The molecule has 0 atom stereocenters. The second-order valence-electron chi connectivity index (χ2n) is 7.23. The Labute approximate surface area is 198 Å².